The number of likely N-dealkylation sites (tertiary alicyclic amines) is 1. The number of hydrogen-bond acceptors (Lipinski definition) is 3. The van der Waals surface area contributed by atoms with Gasteiger partial charge in [-0.05, 0) is 18.2 Å². The van der Waals surface area contributed by atoms with Crippen LogP contribution < -0.4 is 10.6 Å². The average molecular weight is 350 g/mol. The Labute approximate surface area is 145 Å². The quantitative estimate of drug-likeness (QED) is 0.775. The Morgan fingerprint density at radius 3 is 2.79 bits per heavy atom. The van der Waals surface area contributed by atoms with Gasteiger partial charge in [0.25, 0.3) is 0 Å². The molecule has 2 rings (SSSR count). The number of carbonyl (C=O) groups is 3. The van der Waals surface area contributed by atoms with Gasteiger partial charge in [-0.25, -0.2) is 0 Å². The Morgan fingerprint density at radius 1 is 1.42 bits per heavy atom. The summed E-state index contributed by atoms with van der Waals surface area (Å²) in [6.07, 6.45) is 2.19. The van der Waals surface area contributed by atoms with Crippen molar-refractivity contribution in [3.05, 3.63) is 35.9 Å². The molecule has 1 aromatic carbocycles. The molecule has 7 heteroatoms. The normalized spacial score (nSPS) is 16.8. The van der Waals surface area contributed by atoms with Crippen molar-refractivity contribution >= 4 is 40.7 Å². The summed E-state index contributed by atoms with van der Waals surface area (Å²) in [5.74, 6) is -0.807. The van der Waals surface area contributed by atoms with E-state index in [1.165, 1.54) is 0 Å². The van der Waals surface area contributed by atoms with Crippen LogP contribution in [0.1, 0.15) is 19.8 Å². The number of rotatable bonds is 6. The van der Waals surface area contributed by atoms with Crippen LogP contribution in [-0.4, -0.2) is 35.7 Å². The Hall–Kier alpha value is -2.34. The molecule has 1 saturated heterocycles. The summed E-state index contributed by atoms with van der Waals surface area (Å²) in [4.78, 5) is 37.1. The van der Waals surface area contributed by atoms with E-state index in [9.17, 15) is 14.4 Å². The highest BCUT2D eigenvalue weighted by atomic mass is 35.5. The fourth-order valence-corrected chi connectivity index (χ4v) is 2.69. The number of hydrogen-bond donors (Lipinski definition) is 2. The second-order valence-corrected chi connectivity index (χ2v) is 5.98. The van der Waals surface area contributed by atoms with Crippen molar-refractivity contribution in [2.45, 2.75) is 19.8 Å². The second-order valence-electron chi connectivity index (χ2n) is 5.57. The van der Waals surface area contributed by atoms with E-state index in [-0.39, 0.29) is 24.1 Å². The van der Waals surface area contributed by atoms with Gasteiger partial charge >= 0.3 is 0 Å². The molecule has 24 heavy (non-hydrogen) atoms. The third kappa shape index (κ3) is 4.35. The van der Waals surface area contributed by atoms with Crippen molar-refractivity contribution in [1.82, 2.24) is 4.90 Å². The van der Waals surface area contributed by atoms with Crippen LogP contribution in [0.25, 0.3) is 0 Å². The molecular weight excluding hydrogens is 330 g/mol. The summed E-state index contributed by atoms with van der Waals surface area (Å²) < 4.78 is 0. The van der Waals surface area contributed by atoms with Crippen molar-refractivity contribution in [3.8, 4) is 0 Å². The summed E-state index contributed by atoms with van der Waals surface area (Å²) in [6, 6.07) is 4.87. The van der Waals surface area contributed by atoms with Gasteiger partial charge in [0.2, 0.25) is 17.7 Å². The summed E-state index contributed by atoms with van der Waals surface area (Å²) in [5, 5.41) is 5.78. The molecule has 1 fully saturated rings. The molecule has 128 valence electrons. The Balaban J connectivity index is 1.99. The van der Waals surface area contributed by atoms with Gasteiger partial charge in [-0.2, -0.15) is 0 Å². The minimum absolute atomic E-state index is 0.0503. The predicted molar refractivity (Wildman–Crippen MR) is 93.9 cm³/mol. The van der Waals surface area contributed by atoms with E-state index in [0.717, 1.165) is 0 Å². The van der Waals surface area contributed by atoms with Crippen molar-refractivity contribution in [2.24, 2.45) is 5.92 Å². The lowest BCUT2D eigenvalue weighted by Gasteiger charge is -2.14. The van der Waals surface area contributed by atoms with Gasteiger partial charge in [-0.1, -0.05) is 24.6 Å². The Morgan fingerprint density at radius 2 is 2.17 bits per heavy atom. The van der Waals surface area contributed by atoms with E-state index >= 15 is 0 Å². The number of benzene rings is 1. The van der Waals surface area contributed by atoms with E-state index in [1.807, 2.05) is 0 Å². The van der Waals surface area contributed by atoms with Gasteiger partial charge in [-0.15, -0.1) is 6.58 Å². The third-order valence-corrected chi connectivity index (χ3v) is 4.08. The summed E-state index contributed by atoms with van der Waals surface area (Å²) in [7, 11) is 0. The first kappa shape index (κ1) is 18.0. The molecule has 0 saturated carbocycles. The lowest BCUT2D eigenvalue weighted by atomic mass is 10.1. The molecule has 1 atom stereocenters. The van der Waals surface area contributed by atoms with Gasteiger partial charge in [0.15, 0.2) is 0 Å². The van der Waals surface area contributed by atoms with Crippen molar-refractivity contribution in [2.75, 3.05) is 23.7 Å². The highest BCUT2D eigenvalue weighted by molar-refractivity contribution is 6.34. The molecule has 0 spiro atoms. The standard InChI is InChI=1S/C17H20ClN3O3/c1-3-7-21-10-11(8-16(21)23)17(24)19-12-5-6-14(13(18)9-12)20-15(22)4-2/h3,5-6,9,11H,1,4,7-8,10H2,2H3,(H,19,24)(H,20,22)/t11-/m1/s1. The van der Waals surface area contributed by atoms with Crippen LogP contribution in [-0.2, 0) is 14.4 Å². The van der Waals surface area contributed by atoms with Crippen molar-refractivity contribution in [3.63, 3.8) is 0 Å². The maximum atomic E-state index is 12.3. The highest BCUT2D eigenvalue weighted by Crippen LogP contribution is 2.27. The maximum Gasteiger partial charge on any atom is 0.229 e. The van der Waals surface area contributed by atoms with Crippen molar-refractivity contribution < 1.29 is 14.4 Å². The largest absolute Gasteiger partial charge is 0.338 e. The van der Waals surface area contributed by atoms with Crippen LogP contribution in [0, 0.1) is 5.92 Å². The molecule has 0 aliphatic carbocycles. The molecule has 0 bridgehead atoms. The van der Waals surface area contributed by atoms with Gasteiger partial charge in [0.05, 0.1) is 16.6 Å². The highest BCUT2D eigenvalue weighted by Gasteiger charge is 2.33. The molecule has 0 aromatic heterocycles. The minimum Gasteiger partial charge on any atom is -0.338 e. The summed E-state index contributed by atoms with van der Waals surface area (Å²) in [6.45, 7) is 6.18. The number of halogens is 1. The number of carbonyl (C=O) groups excluding carboxylic acids is 3. The van der Waals surface area contributed by atoms with Crippen LogP contribution in [0.2, 0.25) is 5.02 Å². The second kappa shape index (κ2) is 7.97. The molecule has 2 N–H and O–H groups in total. The van der Waals surface area contributed by atoms with E-state index in [1.54, 1.807) is 36.1 Å². The smallest absolute Gasteiger partial charge is 0.229 e. The molecule has 1 aromatic rings. The van der Waals surface area contributed by atoms with E-state index in [0.29, 0.717) is 35.9 Å². The number of anilines is 2. The Bertz CT molecular complexity index is 675. The van der Waals surface area contributed by atoms with Crippen LogP contribution >= 0.6 is 11.6 Å². The molecule has 3 amide bonds. The molecule has 6 nitrogen and oxygen atoms in total. The van der Waals surface area contributed by atoms with Crippen LogP contribution in [0.5, 0.6) is 0 Å². The first-order valence-corrected chi connectivity index (χ1v) is 8.11. The molecule has 0 radical (unpaired) electrons. The van der Waals surface area contributed by atoms with Crippen LogP contribution in [0.15, 0.2) is 30.9 Å². The maximum absolute atomic E-state index is 12.3. The number of amides is 3. The fraction of sp³-hybridized carbons (Fsp3) is 0.353. The lowest BCUT2D eigenvalue weighted by Crippen LogP contribution is -2.28. The van der Waals surface area contributed by atoms with Crippen LogP contribution in [0.4, 0.5) is 11.4 Å². The summed E-state index contributed by atoms with van der Waals surface area (Å²) >= 11 is 6.12. The van der Waals surface area contributed by atoms with Crippen LogP contribution in [0.3, 0.4) is 0 Å². The fourth-order valence-electron chi connectivity index (χ4n) is 2.46. The number of nitrogens with one attached hydrogen (secondary N) is 2. The zero-order valence-corrected chi connectivity index (χ0v) is 14.2. The van der Waals surface area contributed by atoms with Gasteiger partial charge in [0.1, 0.15) is 0 Å². The molecular formula is C17H20ClN3O3. The van der Waals surface area contributed by atoms with Crippen molar-refractivity contribution in [1.29, 1.82) is 0 Å². The predicted octanol–water partition coefficient (Wildman–Crippen LogP) is 2.66. The van der Waals surface area contributed by atoms with Gasteiger partial charge in [0, 0.05) is 31.6 Å². The molecule has 0 unspecified atom stereocenters. The van der Waals surface area contributed by atoms with E-state index < -0.39 is 5.92 Å². The zero-order valence-electron chi connectivity index (χ0n) is 13.5. The van der Waals surface area contributed by atoms with E-state index in [4.69, 9.17) is 11.6 Å². The molecule has 1 aliphatic heterocycles. The van der Waals surface area contributed by atoms with Gasteiger partial charge in [-0.3, -0.25) is 14.4 Å². The first-order chi connectivity index (χ1) is 11.4. The Kier molecular flexibility index (Phi) is 5.98. The topological polar surface area (TPSA) is 78.5 Å². The van der Waals surface area contributed by atoms with E-state index in [2.05, 4.69) is 17.2 Å². The summed E-state index contributed by atoms with van der Waals surface area (Å²) in [5.41, 5.74) is 1.02. The average Bonchev–Trinajstić information content (AvgIpc) is 2.91. The lowest BCUT2D eigenvalue weighted by molar-refractivity contribution is -0.127. The number of nitrogens with zero attached hydrogens (tertiary/aromatic N) is 1. The molecule has 1 heterocycles. The first-order valence-electron chi connectivity index (χ1n) is 7.73. The minimum atomic E-state index is -0.393. The molecule has 1 aliphatic rings. The third-order valence-electron chi connectivity index (χ3n) is 3.77. The van der Waals surface area contributed by atoms with Gasteiger partial charge < -0.3 is 15.5 Å². The SMILES string of the molecule is C=CCN1C[C@H](C(=O)Nc2ccc(NC(=O)CC)c(Cl)c2)CC1=O. The zero-order chi connectivity index (χ0) is 17.7. The monoisotopic (exact) mass is 349 g/mol.